The zero-order chi connectivity index (χ0) is 16.4. The Morgan fingerprint density at radius 2 is 2.25 bits per heavy atom. The van der Waals surface area contributed by atoms with Gasteiger partial charge < -0.3 is 8.83 Å². The fraction of sp³-hybridized carbons (Fsp3) is 0.444. The van der Waals surface area contributed by atoms with E-state index >= 15 is 0 Å². The Hall–Kier alpha value is -2.34. The maximum absolute atomic E-state index is 5.79. The van der Waals surface area contributed by atoms with Crippen LogP contribution in [0.4, 0.5) is 0 Å². The minimum absolute atomic E-state index is 0.488. The number of aryl methyl sites for hydroxylation is 1. The molecular formula is C18H22N4O2. The summed E-state index contributed by atoms with van der Waals surface area (Å²) < 4.78 is 13.2. The summed E-state index contributed by atoms with van der Waals surface area (Å²) in [5.74, 6) is 2.11. The first-order chi connectivity index (χ1) is 11.8. The largest absolute Gasteiger partial charge is 0.459 e. The van der Waals surface area contributed by atoms with Gasteiger partial charge in [0.2, 0.25) is 0 Å². The molecule has 1 aliphatic heterocycles. The van der Waals surface area contributed by atoms with Crippen molar-refractivity contribution >= 4 is 0 Å². The minimum Gasteiger partial charge on any atom is -0.459 e. The first-order valence-electron chi connectivity index (χ1n) is 8.51. The normalized spacial score (nSPS) is 19.0. The van der Waals surface area contributed by atoms with Crippen molar-refractivity contribution < 1.29 is 8.83 Å². The molecule has 4 heterocycles. The molecule has 1 saturated heterocycles. The van der Waals surface area contributed by atoms with E-state index in [2.05, 4.69) is 15.0 Å². The molecule has 6 nitrogen and oxygen atoms in total. The first-order valence-corrected chi connectivity index (χ1v) is 8.51. The first kappa shape index (κ1) is 15.2. The van der Waals surface area contributed by atoms with Gasteiger partial charge in [0.15, 0.2) is 5.76 Å². The second kappa shape index (κ2) is 6.65. The number of rotatable bonds is 5. The van der Waals surface area contributed by atoms with Crippen LogP contribution in [0.25, 0.3) is 11.7 Å². The van der Waals surface area contributed by atoms with Crippen molar-refractivity contribution in [3.63, 3.8) is 0 Å². The predicted molar refractivity (Wildman–Crippen MR) is 89.2 cm³/mol. The van der Waals surface area contributed by atoms with Crippen LogP contribution in [-0.4, -0.2) is 32.3 Å². The number of nitrogens with zero attached hydrogens (tertiary/aromatic N) is 4. The molecule has 1 unspecified atom stereocenters. The molecule has 1 fully saturated rings. The molecule has 1 atom stereocenters. The van der Waals surface area contributed by atoms with Crippen LogP contribution in [-0.2, 0) is 13.1 Å². The van der Waals surface area contributed by atoms with Crippen LogP contribution in [0.1, 0.15) is 30.7 Å². The highest BCUT2D eigenvalue weighted by molar-refractivity contribution is 5.44. The van der Waals surface area contributed by atoms with Crippen molar-refractivity contribution in [1.29, 1.82) is 0 Å². The lowest BCUT2D eigenvalue weighted by Gasteiger charge is -2.35. The summed E-state index contributed by atoms with van der Waals surface area (Å²) in [5, 5.41) is 4.35. The Morgan fingerprint density at radius 3 is 3.04 bits per heavy atom. The monoisotopic (exact) mass is 326 g/mol. The van der Waals surface area contributed by atoms with Gasteiger partial charge in [0.25, 0.3) is 5.89 Å². The molecule has 0 spiro atoms. The molecule has 126 valence electrons. The number of hydrogen-bond donors (Lipinski definition) is 0. The SMILES string of the molecule is Cc1oc(-c2ccco2)nc1CN1CCCCC1Cn1cccn1. The predicted octanol–water partition coefficient (Wildman–Crippen LogP) is 3.49. The molecule has 0 bridgehead atoms. The fourth-order valence-electron chi connectivity index (χ4n) is 3.37. The van der Waals surface area contributed by atoms with Gasteiger partial charge in [-0.05, 0) is 44.5 Å². The number of piperidine rings is 1. The van der Waals surface area contributed by atoms with E-state index in [1.165, 1.54) is 19.3 Å². The number of likely N-dealkylation sites (tertiary alicyclic amines) is 1. The molecule has 3 aromatic rings. The fourth-order valence-corrected chi connectivity index (χ4v) is 3.37. The third-order valence-corrected chi connectivity index (χ3v) is 4.68. The molecule has 1 aliphatic rings. The van der Waals surface area contributed by atoms with Crippen LogP contribution in [0, 0.1) is 6.92 Å². The highest BCUT2D eigenvalue weighted by Crippen LogP contribution is 2.25. The average Bonchev–Trinajstić information content (AvgIpc) is 3.32. The maximum atomic E-state index is 5.79. The van der Waals surface area contributed by atoms with E-state index in [9.17, 15) is 0 Å². The summed E-state index contributed by atoms with van der Waals surface area (Å²) in [5.41, 5.74) is 0.994. The van der Waals surface area contributed by atoms with E-state index in [0.29, 0.717) is 17.7 Å². The molecule has 24 heavy (non-hydrogen) atoms. The molecule has 0 aliphatic carbocycles. The van der Waals surface area contributed by atoms with Crippen LogP contribution >= 0.6 is 0 Å². The van der Waals surface area contributed by atoms with Crippen molar-refractivity contribution in [2.75, 3.05) is 6.54 Å². The molecule has 0 amide bonds. The summed E-state index contributed by atoms with van der Waals surface area (Å²) in [6.45, 7) is 4.80. The second-order valence-corrected chi connectivity index (χ2v) is 6.35. The van der Waals surface area contributed by atoms with Gasteiger partial charge in [0.05, 0.1) is 18.5 Å². The van der Waals surface area contributed by atoms with E-state index in [-0.39, 0.29) is 0 Å². The number of oxazole rings is 1. The molecule has 0 aromatic carbocycles. The van der Waals surface area contributed by atoms with Gasteiger partial charge in [-0.3, -0.25) is 9.58 Å². The molecule has 6 heteroatoms. The van der Waals surface area contributed by atoms with Crippen molar-refractivity contribution in [2.24, 2.45) is 0 Å². The summed E-state index contributed by atoms with van der Waals surface area (Å²) in [7, 11) is 0. The quantitative estimate of drug-likeness (QED) is 0.718. The standard InChI is InChI=1S/C18H22N4O2/c1-14-16(20-18(24-14)17-7-4-11-23-17)13-21-9-3-2-6-15(21)12-22-10-5-8-19-22/h4-5,7-8,10-11,15H,2-3,6,9,12-13H2,1H3. The van der Waals surface area contributed by atoms with E-state index < -0.39 is 0 Å². The third-order valence-electron chi connectivity index (χ3n) is 4.68. The van der Waals surface area contributed by atoms with Gasteiger partial charge >= 0.3 is 0 Å². The Morgan fingerprint density at radius 1 is 1.29 bits per heavy atom. The van der Waals surface area contributed by atoms with Crippen LogP contribution in [0.5, 0.6) is 0 Å². The maximum Gasteiger partial charge on any atom is 0.263 e. The van der Waals surface area contributed by atoms with Crippen LogP contribution < -0.4 is 0 Å². The van der Waals surface area contributed by atoms with Crippen LogP contribution in [0.15, 0.2) is 45.7 Å². The van der Waals surface area contributed by atoms with Gasteiger partial charge in [-0.2, -0.15) is 5.10 Å². The zero-order valence-corrected chi connectivity index (χ0v) is 13.9. The topological polar surface area (TPSA) is 60.2 Å². The van der Waals surface area contributed by atoms with Gasteiger partial charge in [0, 0.05) is 25.0 Å². The number of aromatic nitrogens is 3. The third kappa shape index (κ3) is 3.14. The van der Waals surface area contributed by atoms with E-state index in [0.717, 1.165) is 31.1 Å². The van der Waals surface area contributed by atoms with Crippen LogP contribution in [0.2, 0.25) is 0 Å². The Balaban J connectivity index is 1.50. The second-order valence-electron chi connectivity index (χ2n) is 6.35. The van der Waals surface area contributed by atoms with Gasteiger partial charge in [-0.25, -0.2) is 4.98 Å². The molecule has 4 rings (SSSR count). The van der Waals surface area contributed by atoms with E-state index in [1.807, 2.05) is 42.2 Å². The number of furan rings is 1. The average molecular weight is 326 g/mol. The lowest BCUT2D eigenvalue weighted by atomic mass is 10.0. The van der Waals surface area contributed by atoms with E-state index in [1.54, 1.807) is 6.26 Å². The minimum atomic E-state index is 0.488. The highest BCUT2D eigenvalue weighted by atomic mass is 16.4. The van der Waals surface area contributed by atoms with E-state index in [4.69, 9.17) is 8.83 Å². The Kier molecular flexibility index (Phi) is 4.21. The van der Waals surface area contributed by atoms with Crippen molar-refractivity contribution in [3.05, 3.63) is 48.3 Å². The lowest BCUT2D eigenvalue weighted by Crippen LogP contribution is -2.41. The number of hydrogen-bond acceptors (Lipinski definition) is 5. The summed E-state index contributed by atoms with van der Waals surface area (Å²) in [4.78, 5) is 7.16. The van der Waals surface area contributed by atoms with Gasteiger partial charge in [-0.15, -0.1) is 0 Å². The molecular weight excluding hydrogens is 304 g/mol. The summed E-state index contributed by atoms with van der Waals surface area (Å²) in [6.07, 6.45) is 9.21. The molecule has 0 radical (unpaired) electrons. The Labute approximate surface area is 141 Å². The summed E-state index contributed by atoms with van der Waals surface area (Å²) in [6, 6.07) is 6.18. The zero-order valence-electron chi connectivity index (χ0n) is 13.9. The van der Waals surface area contributed by atoms with Crippen molar-refractivity contribution in [1.82, 2.24) is 19.7 Å². The lowest BCUT2D eigenvalue weighted by molar-refractivity contribution is 0.120. The van der Waals surface area contributed by atoms with Crippen molar-refractivity contribution in [2.45, 2.75) is 45.3 Å². The molecule has 0 N–H and O–H groups in total. The van der Waals surface area contributed by atoms with Crippen LogP contribution in [0.3, 0.4) is 0 Å². The highest BCUT2D eigenvalue weighted by Gasteiger charge is 2.25. The molecule has 0 saturated carbocycles. The van der Waals surface area contributed by atoms with Gasteiger partial charge in [-0.1, -0.05) is 6.42 Å². The smallest absolute Gasteiger partial charge is 0.263 e. The van der Waals surface area contributed by atoms with Crippen molar-refractivity contribution in [3.8, 4) is 11.7 Å². The Bertz CT molecular complexity index is 761. The summed E-state index contributed by atoms with van der Waals surface area (Å²) >= 11 is 0. The molecule has 3 aromatic heterocycles. The van der Waals surface area contributed by atoms with Gasteiger partial charge in [0.1, 0.15) is 5.76 Å².